The number of oxazole rings is 1. The Hall–Kier alpha value is -5.68. The molecule has 6 heterocycles. The molecule has 0 bridgehead atoms. The lowest BCUT2D eigenvalue weighted by Gasteiger charge is -2.48. The van der Waals surface area contributed by atoms with Gasteiger partial charge in [0.05, 0.1) is 18.2 Å². The number of pyridine rings is 1. The molecule has 0 saturated carbocycles. The number of aromatic nitrogens is 4. The molecule has 8 aromatic rings. The van der Waals surface area contributed by atoms with Crippen LogP contribution in [0.2, 0.25) is 0 Å². The number of thiophene rings is 1. The maximum atomic E-state index is 7.77. The van der Waals surface area contributed by atoms with Gasteiger partial charge in [-0.3, -0.25) is 4.84 Å². The van der Waals surface area contributed by atoms with Gasteiger partial charge in [0.1, 0.15) is 17.4 Å². The van der Waals surface area contributed by atoms with Gasteiger partial charge < -0.3 is 8.83 Å². The highest BCUT2D eigenvalue weighted by atomic mass is 32.1. The summed E-state index contributed by atoms with van der Waals surface area (Å²) in [7, 11) is 0. The highest BCUT2D eigenvalue weighted by Crippen LogP contribution is 2.71. The monoisotopic (exact) mass is 677 g/mol. The van der Waals surface area contributed by atoms with Crippen LogP contribution in [-0.2, 0) is 21.4 Å². The summed E-state index contributed by atoms with van der Waals surface area (Å²) in [6.07, 6.45) is 6.64. The lowest BCUT2D eigenvalue weighted by atomic mass is 9.51. The topological polar surface area (TPSA) is 90.3 Å². The number of benzene rings is 3. The molecule has 0 amide bonds. The quantitative estimate of drug-likeness (QED) is 0.158. The van der Waals surface area contributed by atoms with E-state index in [0.29, 0.717) is 23.2 Å². The third-order valence-corrected chi connectivity index (χ3v) is 10.8. The predicted octanol–water partition coefficient (Wildman–Crippen LogP) is 8.87. The van der Waals surface area contributed by atoms with Crippen LogP contribution in [0.3, 0.4) is 0 Å². The van der Waals surface area contributed by atoms with Gasteiger partial charge in [-0.1, -0.05) is 102 Å². The molecule has 3 aromatic carbocycles. The van der Waals surface area contributed by atoms with E-state index in [0.717, 1.165) is 27.1 Å². The zero-order valence-electron chi connectivity index (χ0n) is 25.9. The molecule has 1 aliphatic rings. The number of hydrogen-bond donors (Lipinski definition) is 0. The number of nitrogens with zero attached hydrogens (tertiary/aromatic N) is 5. The van der Waals surface area contributed by atoms with Crippen molar-refractivity contribution in [1.82, 2.24) is 19.6 Å². The van der Waals surface area contributed by atoms with E-state index in [1.54, 1.807) is 36.3 Å². The molecule has 1 fully saturated rings. The fourth-order valence-corrected chi connectivity index (χ4v) is 9.03. The van der Waals surface area contributed by atoms with E-state index in [9.17, 15) is 0 Å². The third-order valence-electron chi connectivity index (χ3n) is 9.29. The van der Waals surface area contributed by atoms with Crippen LogP contribution in [0.1, 0.15) is 33.3 Å². The van der Waals surface area contributed by atoms with Gasteiger partial charge in [-0.2, -0.15) is 0 Å². The van der Waals surface area contributed by atoms with Gasteiger partial charge in [-0.25, -0.2) is 15.0 Å². The maximum Gasteiger partial charge on any atom is 0.232 e. The van der Waals surface area contributed by atoms with E-state index < -0.39 is 16.6 Å². The highest BCUT2D eigenvalue weighted by molar-refractivity contribution is 7.10. The average molecular weight is 678 g/mol. The Morgan fingerprint density at radius 2 is 1.49 bits per heavy atom. The molecule has 0 spiro atoms. The summed E-state index contributed by atoms with van der Waals surface area (Å²) in [5.74, 6) is 1.38. The van der Waals surface area contributed by atoms with Crippen molar-refractivity contribution in [3.05, 3.63) is 196 Å². The minimum Gasteiger partial charge on any atom is -0.466 e. The van der Waals surface area contributed by atoms with Gasteiger partial charge >= 0.3 is 0 Å². The standard InChI is InChI=1S/C39H27N5O3S2/c1-3-13-28(14-4-1)30-17-7-8-18-31(30)37(32-27-49-43-42-32)38(33-19-11-24-45-33,36-41-23-25-46-36)44(35-21-9-10-22-40-35)47-39(37,34-20-12-26-48-34)29-15-5-2-6-16-29/h1-27H. The molecule has 9 rings (SSSR count). The molecule has 0 aliphatic carbocycles. The molecule has 0 N–H and O–H groups in total. The molecule has 10 heteroatoms. The fraction of sp³-hybridized carbons (Fsp3) is 0.0769. The second-order valence-electron chi connectivity index (χ2n) is 11.6. The zero-order chi connectivity index (χ0) is 32.7. The first-order chi connectivity index (χ1) is 24.3. The van der Waals surface area contributed by atoms with Crippen LogP contribution in [0.4, 0.5) is 5.82 Å². The first-order valence-corrected chi connectivity index (χ1v) is 17.4. The Bertz CT molecular complexity index is 2230. The summed E-state index contributed by atoms with van der Waals surface area (Å²) in [4.78, 5) is 18.6. The second-order valence-corrected chi connectivity index (χ2v) is 13.1. The SMILES string of the molecule is c1ccc(-c2ccccc2C2(c3csnn3)C(c3ccccc3)(c3cccs3)ON(c3ccccn3)C2(c2ccco2)c2ncco2)cc1. The van der Waals surface area contributed by atoms with Crippen molar-refractivity contribution < 1.29 is 13.7 Å². The van der Waals surface area contributed by atoms with Crippen molar-refractivity contribution in [2.24, 2.45) is 0 Å². The largest absolute Gasteiger partial charge is 0.466 e. The Morgan fingerprint density at radius 3 is 2.18 bits per heavy atom. The van der Waals surface area contributed by atoms with Gasteiger partial charge in [0.25, 0.3) is 0 Å². The van der Waals surface area contributed by atoms with Crippen molar-refractivity contribution in [3.8, 4) is 11.1 Å². The van der Waals surface area contributed by atoms with E-state index in [4.69, 9.17) is 28.7 Å². The van der Waals surface area contributed by atoms with Crippen molar-refractivity contribution in [2.75, 3.05) is 5.06 Å². The minimum atomic E-state index is -1.51. The Kier molecular flexibility index (Phi) is 7.08. The number of anilines is 1. The molecule has 3 unspecified atom stereocenters. The lowest BCUT2D eigenvalue weighted by molar-refractivity contribution is -0.00757. The maximum absolute atomic E-state index is 7.77. The minimum absolute atomic E-state index is 0.332. The molecular weight excluding hydrogens is 651 g/mol. The third kappa shape index (κ3) is 4.05. The van der Waals surface area contributed by atoms with E-state index in [-0.39, 0.29) is 0 Å². The summed E-state index contributed by atoms with van der Waals surface area (Å²) in [5.41, 5.74) is 0.232. The van der Waals surface area contributed by atoms with Gasteiger partial charge in [-0.15, -0.1) is 16.4 Å². The van der Waals surface area contributed by atoms with E-state index in [2.05, 4.69) is 64.5 Å². The summed E-state index contributed by atoms with van der Waals surface area (Å²) in [6.45, 7) is 0. The van der Waals surface area contributed by atoms with Crippen LogP contribution in [0.15, 0.2) is 172 Å². The molecule has 49 heavy (non-hydrogen) atoms. The second kappa shape index (κ2) is 11.8. The normalized spacial score (nSPS) is 22.0. The smallest absolute Gasteiger partial charge is 0.232 e. The molecule has 3 atom stereocenters. The van der Waals surface area contributed by atoms with Crippen LogP contribution in [0.5, 0.6) is 0 Å². The first-order valence-electron chi connectivity index (χ1n) is 15.7. The Balaban J connectivity index is 1.59. The van der Waals surface area contributed by atoms with E-state index >= 15 is 0 Å². The van der Waals surface area contributed by atoms with Crippen LogP contribution >= 0.6 is 22.9 Å². The molecule has 8 nitrogen and oxygen atoms in total. The summed E-state index contributed by atoms with van der Waals surface area (Å²) in [5, 5.41) is 10.9. The van der Waals surface area contributed by atoms with Crippen LogP contribution in [0.25, 0.3) is 11.1 Å². The van der Waals surface area contributed by atoms with Crippen molar-refractivity contribution in [2.45, 2.75) is 16.6 Å². The fourth-order valence-electron chi connectivity index (χ4n) is 7.59. The van der Waals surface area contributed by atoms with Crippen molar-refractivity contribution in [1.29, 1.82) is 0 Å². The Labute approximate surface area is 290 Å². The lowest BCUT2D eigenvalue weighted by Crippen LogP contribution is -2.61. The van der Waals surface area contributed by atoms with Crippen LogP contribution < -0.4 is 5.06 Å². The van der Waals surface area contributed by atoms with Gasteiger partial charge in [0.15, 0.2) is 11.4 Å². The highest BCUT2D eigenvalue weighted by Gasteiger charge is 2.82. The molecule has 1 aliphatic heterocycles. The molecule has 5 aromatic heterocycles. The van der Waals surface area contributed by atoms with Gasteiger partial charge in [0, 0.05) is 16.5 Å². The first kappa shape index (κ1) is 29.5. The predicted molar refractivity (Wildman–Crippen MR) is 188 cm³/mol. The molecule has 0 radical (unpaired) electrons. The van der Waals surface area contributed by atoms with Gasteiger partial charge in [-0.05, 0) is 69.5 Å². The molecule has 238 valence electrons. The molecule has 1 saturated heterocycles. The zero-order valence-corrected chi connectivity index (χ0v) is 27.5. The molecular formula is C39H27N5O3S2. The van der Waals surface area contributed by atoms with Crippen molar-refractivity contribution >= 4 is 28.7 Å². The number of hydroxylamine groups is 1. The van der Waals surface area contributed by atoms with Crippen LogP contribution in [-0.4, -0.2) is 19.6 Å². The van der Waals surface area contributed by atoms with E-state index in [1.807, 2.05) is 83.2 Å². The summed E-state index contributed by atoms with van der Waals surface area (Å²) < 4.78 is 17.6. The number of rotatable bonds is 8. The average Bonchev–Trinajstić information content (AvgIpc) is 4.02. The summed E-state index contributed by atoms with van der Waals surface area (Å²) >= 11 is 2.88. The number of hydrogen-bond acceptors (Lipinski definition) is 10. The van der Waals surface area contributed by atoms with Crippen LogP contribution in [0, 0.1) is 0 Å². The van der Waals surface area contributed by atoms with Gasteiger partial charge in [0.2, 0.25) is 11.4 Å². The number of furan rings is 1. The summed E-state index contributed by atoms with van der Waals surface area (Å²) in [6, 6.07) is 42.7. The Morgan fingerprint density at radius 1 is 0.673 bits per heavy atom. The van der Waals surface area contributed by atoms with E-state index in [1.165, 1.54) is 11.5 Å². The van der Waals surface area contributed by atoms with Crippen molar-refractivity contribution in [3.63, 3.8) is 0 Å².